The average Bonchev–Trinajstić information content (AvgIpc) is 3.01. The molecule has 2 aromatic carbocycles. The zero-order valence-corrected chi connectivity index (χ0v) is 18.4. The van der Waals surface area contributed by atoms with Crippen LogP contribution in [0.4, 0.5) is 4.39 Å². The molecule has 0 fully saturated rings. The van der Waals surface area contributed by atoms with E-state index in [-0.39, 0.29) is 16.3 Å². The number of nitrogens with zero attached hydrogens (tertiary/aromatic N) is 1. The van der Waals surface area contributed by atoms with Gasteiger partial charge in [0.25, 0.3) is 0 Å². The minimum absolute atomic E-state index is 0.126. The van der Waals surface area contributed by atoms with Gasteiger partial charge in [0.2, 0.25) is 5.78 Å². The number of aryl methyl sites for hydroxylation is 2. The topological polar surface area (TPSA) is 82.4 Å². The molecule has 0 aliphatic carbocycles. The van der Waals surface area contributed by atoms with E-state index in [2.05, 4.69) is 0 Å². The summed E-state index contributed by atoms with van der Waals surface area (Å²) in [5, 5.41) is 0. The SMILES string of the molecule is Cc1ccc(-n2c(C)cc(C(=O)COC(=O)c3ccccc3S(C)(=O)=O)c2C)cc1F. The van der Waals surface area contributed by atoms with Crippen molar-refractivity contribution in [3.63, 3.8) is 0 Å². The van der Waals surface area contributed by atoms with Crippen molar-refractivity contribution in [2.24, 2.45) is 0 Å². The van der Waals surface area contributed by atoms with Crippen LogP contribution in [0.1, 0.15) is 37.7 Å². The van der Waals surface area contributed by atoms with Crippen molar-refractivity contribution in [3.05, 3.63) is 82.4 Å². The molecule has 0 aliphatic rings. The van der Waals surface area contributed by atoms with Crippen LogP contribution >= 0.6 is 0 Å². The first kappa shape index (κ1) is 22.4. The monoisotopic (exact) mass is 443 g/mol. The smallest absolute Gasteiger partial charge is 0.339 e. The Balaban J connectivity index is 1.83. The van der Waals surface area contributed by atoms with Crippen LogP contribution < -0.4 is 0 Å². The highest BCUT2D eigenvalue weighted by Crippen LogP contribution is 2.23. The zero-order valence-electron chi connectivity index (χ0n) is 17.6. The largest absolute Gasteiger partial charge is 0.454 e. The van der Waals surface area contributed by atoms with Crippen LogP contribution in [0.25, 0.3) is 5.69 Å². The minimum Gasteiger partial charge on any atom is -0.454 e. The summed E-state index contributed by atoms with van der Waals surface area (Å²) >= 11 is 0. The number of carbonyl (C=O) groups excluding carboxylic acids is 2. The standard InChI is InChI=1S/C23H22FNO5S/c1-14-9-10-17(12-20(14)24)25-15(2)11-19(16(25)3)21(26)13-30-23(27)18-7-5-6-8-22(18)31(4,28)29/h5-12H,13H2,1-4H3. The summed E-state index contributed by atoms with van der Waals surface area (Å²) in [7, 11) is -3.64. The fourth-order valence-corrected chi connectivity index (χ4v) is 4.29. The lowest BCUT2D eigenvalue weighted by Gasteiger charge is -2.11. The summed E-state index contributed by atoms with van der Waals surface area (Å²) < 4.78 is 44.6. The van der Waals surface area contributed by atoms with Gasteiger partial charge in [-0.1, -0.05) is 18.2 Å². The fraction of sp³-hybridized carbons (Fsp3) is 0.217. The molecule has 0 radical (unpaired) electrons. The van der Waals surface area contributed by atoms with Crippen LogP contribution in [0.5, 0.6) is 0 Å². The Morgan fingerprint density at radius 2 is 1.68 bits per heavy atom. The van der Waals surface area contributed by atoms with Crippen LogP contribution in [0.15, 0.2) is 53.4 Å². The second kappa shape index (κ2) is 8.47. The number of halogens is 1. The maximum Gasteiger partial charge on any atom is 0.339 e. The number of rotatable bonds is 6. The predicted octanol–water partition coefficient (Wildman–Crippen LogP) is 3.98. The molecular weight excluding hydrogens is 421 g/mol. The number of hydrogen-bond donors (Lipinski definition) is 0. The van der Waals surface area contributed by atoms with Gasteiger partial charge in [-0.25, -0.2) is 17.6 Å². The van der Waals surface area contributed by atoms with E-state index in [9.17, 15) is 22.4 Å². The molecule has 0 atom stereocenters. The van der Waals surface area contributed by atoms with Gasteiger partial charge in [-0.15, -0.1) is 0 Å². The number of ketones is 1. The molecule has 3 aromatic rings. The second-order valence-electron chi connectivity index (χ2n) is 7.32. The molecule has 0 saturated carbocycles. The van der Waals surface area contributed by atoms with Gasteiger partial charge >= 0.3 is 5.97 Å². The average molecular weight is 443 g/mol. The highest BCUT2D eigenvalue weighted by molar-refractivity contribution is 7.90. The number of aromatic nitrogens is 1. The van der Waals surface area contributed by atoms with E-state index >= 15 is 0 Å². The summed E-state index contributed by atoms with van der Waals surface area (Å²) in [5.74, 6) is -1.70. The molecule has 6 nitrogen and oxygen atoms in total. The maximum atomic E-state index is 14.0. The lowest BCUT2D eigenvalue weighted by Crippen LogP contribution is -2.17. The Labute approximate surface area is 180 Å². The van der Waals surface area contributed by atoms with Gasteiger partial charge in [0, 0.05) is 28.9 Å². The maximum absolute atomic E-state index is 14.0. The van der Waals surface area contributed by atoms with Gasteiger partial charge in [0.1, 0.15) is 5.82 Å². The third-order valence-corrected chi connectivity index (χ3v) is 6.14. The summed E-state index contributed by atoms with van der Waals surface area (Å²) in [6.45, 7) is 4.62. The van der Waals surface area contributed by atoms with Crippen LogP contribution in [0.3, 0.4) is 0 Å². The van der Waals surface area contributed by atoms with Crippen LogP contribution in [0.2, 0.25) is 0 Å². The first-order valence-electron chi connectivity index (χ1n) is 9.45. The third-order valence-electron chi connectivity index (χ3n) is 4.99. The first-order chi connectivity index (χ1) is 14.5. The van der Waals surface area contributed by atoms with Gasteiger partial charge < -0.3 is 9.30 Å². The molecule has 1 aromatic heterocycles. The lowest BCUT2D eigenvalue weighted by atomic mass is 10.1. The number of benzene rings is 2. The Bertz CT molecular complexity index is 1290. The van der Waals surface area contributed by atoms with Gasteiger partial charge in [-0.05, 0) is 56.7 Å². The highest BCUT2D eigenvalue weighted by atomic mass is 32.2. The van der Waals surface area contributed by atoms with E-state index in [4.69, 9.17) is 4.74 Å². The number of Topliss-reactive ketones (excluding diaryl/α,β-unsaturated/α-hetero) is 1. The molecule has 0 aliphatic heterocycles. The normalized spacial score (nSPS) is 11.4. The van der Waals surface area contributed by atoms with Crippen molar-refractivity contribution in [3.8, 4) is 5.69 Å². The minimum atomic E-state index is -3.64. The molecule has 0 amide bonds. The molecule has 1 heterocycles. The van der Waals surface area contributed by atoms with Gasteiger partial charge in [-0.3, -0.25) is 4.79 Å². The summed E-state index contributed by atoms with van der Waals surface area (Å²) in [6, 6.07) is 12.1. The fourth-order valence-electron chi connectivity index (χ4n) is 3.41. The predicted molar refractivity (Wildman–Crippen MR) is 114 cm³/mol. The number of sulfone groups is 1. The molecule has 0 N–H and O–H groups in total. The van der Waals surface area contributed by atoms with Crippen molar-refractivity contribution in [2.75, 3.05) is 12.9 Å². The number of carbonyl (C=O) groups is 2. The first-order valence-corrected chi connectivity index (χ1v) is 11.3. The van der Waals surface area contributed by atoms with Gasteiger partial charge in [0.15, 0.2) is 16.4 Å². The Hall–Kier alpha value is -3.26. The summed E-state index contributed by atoms with van der Waals surface area (Å²) in [5.41, 5.74) is 2.61. The van der Waals surface area contributed by atoms with E-state index in [1.165, 1.54) is 30.3 Å². The molecule has 0 spiro atoms. The number of ether oxygens (including phenoxy) is 1. The number of hydrogen-bond acceptors (Lipinski definition) is 5. The van der Waals surface area contributed by atoms with Crippen LogP contribution in [0, 0.1) is 26.6 Å². The molecule has 3 rings (SSSR count). The Kier molecular flexibility index (Phi) is 6.13. The third kappa shape index (κ3) is 4.59. The molecule has 31 heavy (non-hydrogen) atoms. The Morgan fingerprint density at radius 1 is 1.00 bits per heavy atom. The van der Waals surface area contributed by atoms with Crippen molar-refractivity contribution in [2.45, 2.75) is 25.7 Å². The lowest BCUT2D eigenvalue weighted by molar-refractivity contribution is 0.0471. The van der Waals surface area contributed by atoms with Crippen LogP contribution in [-0.4, -0.2) is 37.6 Å². The second-order valence-corrected chi connectivity index (χ2v) is 9.31. The zero-order chi connectivity index (χ0) is 22.9. The molecular formula is C23H22FNO5S. The summed E-state index contributed by atoms with van der Waals surface area (Å²) in [6.07, 6.45) is 0.993. The van der Waals surface area contributed by atoms with Crippen molar-refractivity contribution in [1.29, 1.82) is 0 Å². The van der Waals surface area contributed by atoms with E-state index in [1.54, 1.807) is 43.5 Å². The molecule has 162 valence electrons. The quantitative estimate of drug-likeness (QED) is 0.425. The highest BCUT2D eigenvalue weighted by Gasteiger charge is 2.22. The van der Waals surface area contributed by atoms with Gasteiger partial charge in [-0.2, -0.15) is 0 Å². The van der Waals surface area contributed by atoms with E-state index in [0.717, 1.165) is 11.9 Å². The number of esters is 1. The van der Waals surface area contributed by atoms with E-state index in [0.29, 0.717) is 22.5 Å². The van der Waals surface area contributed by atoms with Crippen LogP contribution in [-0.2, 0) is 14.6 Å². The molecule has 0 unspecified atom stereocenters. The summed E-state index contributed by atoms with van der Waals surface area (Å²) in [4.78, 5) is 25.0. The van der Waals surface area contributed by atoms with Crippen molar-refractivity contribution < 1.29 is 27.1 Å². The van der Waals surface area contributed by atoms with Crippen molar-refractivity contribution >= 4 is 21.6 Å². The van der Waals surface area contributed by atoms with Gasteiger partial charge in [0.05, 0.1) is 10.5 Å². The molecule has 8 heteroatoms. The molecule has 0 bridgehead atoms. The molecule has 0 saturated heterocycles. The van der Waals surface area contributed by atoms with E-state index in [1.807, 2.05) is 0 Å². The Morgan fingerprint density at radius 3 is 2.32 bits per heavy atom. The van der Waals surface area contributed by atoms with Crippen molar-refractivity contribution in [1.82, 2.24) is 4.57 Å². The van der Waals surface area contributed by atoms with E-state index < -0.39 is 28.2 Å².